The quantitative estimate of drug-likeness (QED) is 0.897. The van der Waals surface area contributed by atoms with E-state index in [2.05, 4.69) is 23.3 Å². The number of thiazole rings is 1. The third kappa shape index (κ3) is 4.05. The van der Waals surface area contributed by atoms with E-state index in [1.165, 1.54) is 17.4 Å². The topological polar surface area (TPSA) is 65.8 Å². The Morgan fingerprint density at radius 1 is 1.52 bits per heavy atom. The van der Waals surface area contributed by atoms with Crippen LogP contribution in [0.5, 0.6) is 0 Å². The largest absolute Gasteiger partial charge is 0.332 e. The molecule has 4 nitrogen and oxygen atoms in total. The van der Waals surface area contributed by atoms with Crippen molar-refractivity contribution >= 4 is 17.2 Å². The molecule has 1 N–H and O–H groups in total. The summed E-state index contributed by atoms with van der Waals surface area (Å²) in [6, 6.07) is 8.85. The highest BCUT2D eigenvalue weighted by atomic mass is 32.1. The molecule has 1 aliphatic carbocycles. The fourth-order valence-corrected chi connectivity index (χ4v) is 4.17. The Morgan fingerprint density at radius 2 is 2.32 bits per heavy atom. The summed E-state index contributed by atoms with van der Waals surface area (Å²) in [6.07, 6.45) is 3.71. The number of nitrogens with one attached hydrogen (secondary N) is 1. The molecule has 0 aliphatic heterocycles. The van der Waals surface area contributed by atoms with E-state index in [1.54, 1.807) is 23.6 Å². The van der Waals surface area contributed by atoms with Gasteiger partial charge in [-0.05, 0) is 36.8 Å². The fraction of sp³-hybridized carbons (Fsp3) is 0.421. The standard InChI is InChI=1S/C19H20FN3OS/c1-13-5-4-8-19(10-13,12-21)23-18(24)16-11-25-17(22-16)9-14-6-2-3-7-15(14)20/h2-3,6-7,11,13H,4-5,8-10H2,1H3,(H,23,24)/t13-,19+/m0/s1. The highest BCUT2D eigenvalue weighted by Crippen LogP contribution is 2.32. The van der Waals surface area contributed by atoms with Gasteiger partial charge in [-0.2, -0.15) is 5.26 Å². The number of nitriles is 1. The van der Waals surface area contributed by atoms with Gasteiger partial charge in [0.2, 0.25) is 0 Å². The lowest BCUT2D eigenvalue weighted by Crippen LogP contribution is -2.50. The molecule has 0 radical (unpaired) electrons. The maximum Gasteiger partial charge on any atom is 0.272 e. The van der Waals surface area contributed by atoms with Gasteiger partial charge in [0.15, 0.2) is 0 Å². The number of carbonyl (C=O) groups is 1. The average Bonchev–Trinajstić information content (AvgIpc) is 3.06. The van der Waals surface area contributed by atoms with Gasteiger partial charge < -0.3 is 5.32 Å². The van der Waals surface area contributed by atoms with Crippen LogP contribution in [0.15, 0.2) is 29.6 Å². The van der Waals surface area contributed by atoms with Crippen molar-refractivity contribution in [2.24, 2.45) is 5.92 Å². The first kappa shape index (κ1) is 17.6. The van der Waals surface area contributed by atoms with Gasteiger partial charge >= 0.3 is 0 Å². The van der Waals surface area contributed by atoms with Gasteiger partial charge in [-0.3, -0.25) is 4.79 Å². The number of carbonyl (C=O) groups excluding carboxylic acids is 1. The summed E-state index contributed by atoms with van der Waals surface area (Å²) in [5, 5.41) is 14.8. The summed E-state index contributed by atoms with van der Waals surface area (Å²) >= 11 is 1.33. The molecule has 2 aromatic rings. The van der Waals surface area contributed by atoms with E-state index < -0.39 is 5.54 Å². The highest BCUT2D eigenvalue weighted by Gasteiger charge is 2.37. The first-order valence-electron chi connectivity index (χ1n) is 8.43. The number of rotatable bonds is 4. The van der Waals surface area contributed by atoms with Crippen LogP contribution in [0.4, 0.5) is 4.39 Å². The van der Waals surface area contributed by atoms with E-state index >= 15 is 0 Å². The lowest BCUT2D eigenvalue weighted by molar-refractivity contribution is 0.0886. The third-order valence-electron chi connectivity index (χ3n) is 4.65. The van der Waals surface area contributed by atoms with E-state index in [0.717, 1.165) is 12.8 Å². The second-order valence-corrected chi connectivity index (χ2v) is 7.69. The van der Waals surface area contributed by atoms with Gasteiger partial charge in [-0.1, -0.05) is 31.5 Å². The average molecular weight is 357 g/mol. The Labute approximate surface area is 150 Å². The van der Waals surface area contributed by atoms with Crippen LogP contribution in [0, 0.1) is 23.1 Å². The van der Waals surface area contributed by atoms with Crippen molar-refractivity contribution in [2.75, 3.05) is 0 Å². The molecule has 0 unspecified atom stereocenters. The maximum atomic E-state index is 13.7. The van der Waals surface area contributed by atoms with Gasteiger partial charge in [0.1, 0.15) is 17.1 Å². The van der Waals surface area contributed by atoms with E-state index in [9.17, 15) is 14.4 Å². The zero-order valence-corrected chi connectivity index (χ0v) is 14.9. The first-order valence-corrected chi connectivity index (χ1v) is 9.31. The third-order valence-corrected chi connectivity index (χ3v) is 5.50. The minimum atomic E-state index is -0.802. The molecular weight excluding hydrogens is 337 g/mol. The molecule has 3 rings (SSSR count). The number of benzene rings is 1. The van der Waals surface area contributed by atoms with Crippen molar-refractivity contribution in [3.8, 4) is 6.07 Å². The van der Waals surface area contributed by atoms with Gasteiger partial charge in [-0.15, -0.1) is 11.3 Å². The summed E-state index contributed by atoms with van der Waals surface area (Å²) in [5.74, 6) is -0.184. The van der Waals surface area contributed by atoms with Crippen molar-refractivity contribution in [1.82, 2.24) is 10.3 Å². The fourth-order valence-electron chi connectivity index (χ4n) is 3.38. The van der Waals surface area contributed by atoms with Crippen LogP contribution in [-0.4, -0.2) is 16.4 Å². The van der Waals surface area contributed by atoms with Gasteiger partial charge in [0.05, 0.1) is 11.1 Å². The molecular formula is C19H20FN3OS. The Balaban J connectivity index is 1.70. The summed E-state index contributed by atoms with van der Waals surface area (Å²) in [5.41, 5.74) is 0.0481. The van der Waals surface area contributed by atoms with Crippen LogP contribution in [0.2, 0.25) is 0 Å². The zero-order chi connectivity index (χ0) is 17.9. The molecule has 1 aliphatic rings. The summed E-state index contributed by atoms with van der Waals surface area (Å²) < 4.78 is 13.7. The molecule has 1 amide bonds. The van der Waals surface area contributed by atoms with Crippen molar-refractivity contribution in [1.29, 1.82) is 5.26 Å². The van der Waals surface area contributed by atoms with Crippen molar-refractivity contribution in [2.45, 2.75) is 44.6 Å². The van der Waals surface area contributed by atoms with Crippen molar-refractivity contribution < 1.29 is 9.18 Å². The Morgan fingerprint density at radius 3 is 3.04 bits per heavy atom. The highest BCUT2D eigenvalue weighted by molar-refractivity contribution is 7.09. The number of amides is 1. The van der Waals surface area contributed by atoms with Gasteiger partial charge in [-0.25, -0.2) is 9.37 Å². The second kappa shape index (κ2) is 7.32. The van der Waals surface area contributed by atoms with Gasteiger partial charge in [0, 0.05) is 11.8 Å². The van der Waals surface area contributed by atoms with Gasteiger partial charge in [0.25, 0.3) is 5.91 Å². The zero-order valence-electron chi connectivity index (χ0n) is 14.1. The molecule has 1 heterocycles. The van der Waals surface area contributed by atoms with Crippen molar-refractivity contribution in [3.05, 3.63) is 51.7 Å². The molecule has 1 aromatic carbocycles. The number of aromatic nitrogens is 1. The van der Waals surface area contributed by atoms with Crippen LogP contribution in [0.1, 0.15) is 53.7 Å². The normalized spacial score (nSPS) is 23.0. The summed E-state index contributed by atoms with van der Waals surface area (Å²) in [6.45, 7) is 2.10. The number of hydrogen-bond donors (Lipinski definition) is 1. The number of hydrogen-bond acceptors (Lipinski definition) is 4. The molecule has 25 heavy (non-hydrogen) atoms. The Bertz CT molecular complexity index is 813. The lowest BCUT2D eigenvalue weighted by Gasteiger charge is -2.34. The van der Waals surface area contributed by atoms with Crippen LogP contribution in [-0.2, 0) is 6.42 Å². The van der Waals surface area contributed by atoms with E-state index in [1.807, 2.05) is 0 Å². The minimum Gasteiger partial charge on any atom is -0.332 e. The van der Waals surface area contributed by atoms with Crippen LogP contribution in [0.3, 0.4) is 0 Å². The number of halogens is 1. The molecule has 1 aromatic heterocycles. The molecule has 130 valence electrons. The van der Waals surface area contributed by atoms with Crippen LogP contribution >= 0.6 is 11.3 Å². The first-order chi connectivity index (χ1) is 12.0. The molecule has 0 bridgehead atoms. The van der Waals surface area contributed by atoms with E-state index in [-0.39, 0.29) is 11.7 Å². The van der Waals surface area contributed by atoms with E-state index in [4.69, 9.17) is 0 Å². The van der Waals surface area contributed by atoms with E-state index in [0.29, 0.717) is 41.4 Å². The SMILES string of the molecule is C[C@H]1CCC[C@@](C#N)(NC(=O)c2csc(Cc3ccccc3F)n2)C1. The predicted molar refractivity (Wildman–Crippen MR) is 94.8 cm³/mol. The molecule has 1 saturated carbocycles. The molecule has 0 saturated heterocycles. The second-order valence-electron chi connectivity index (χ2n) is 6.74. The maximum absolute atomic E-state index is 13.7. The molecule has 1 fully saturated rings. The smallest absolute Gasteiger partial charge is 0.272 e. The Hall–Kier alpha value is -2.26. The summed E-state index contributed by atoms with van der Waals surface area (Å²) in [7, 11) is 0. The molecule has 6 heteroatoms. The lowest BCUT2D eigenvalue weighted by atomic mass is 9.77. The Kier molecular flexibility index (Phi) is 5.14. The summed E-state index contributed by atoms with van der Waals surface area (Å²) in [4.78, 5) is 16.9. The van der Waals surface area contributed by atoms with Crippen LogP contribution in [0.25, 0.3) is 0 Å². The number of nitrogens with zero attached hydrogens (tertiary/aromatic N) is 2. The van der Waals surface area contributed by atoms with Crippen LogP contribution < -0.4 is 5.32 Å². The molecule has 2 atom stereocenters. The molecule has 0 spiro atoms. The predicted octanol–water partition coefficient (Wildman–Crippen LogP) is 4.08. The van der Waals surface area contributed by atoms with Crippen molar-refractivity contribution in [3.63, 3.8) is 0 Å². The monoisotopic (exact) mass is 357 g/mol. The minimum absolute atomic E-state index is 0.275.